The minimum atomic E-state index is -1.12. The number of methoxy groups -OCH3 is 1. The molecule has 0 amide bonds. The number of carbonyl (C=O) groups is 1. The van der Waals surface area contributed by atoms with Crippen molar-refractivity contribution in [1.29, 1.82) is 0 Å². The number of aromatic nitrogens is 1. The van der Waals surface area contributed by atoms with Gasteiger partial charge in [0, 0.05) is 24.5 Å². The molecule has 1 N–H and O–H groups in total. The largest absolute Gasteiger partial charge is 0.497 e. The summed E-state index contributed by atoms with van der Waals surface area (Å²) in [4.78, 5) is 18.8. The third-order valence-electron chi connectivity index (χ3n) is 6.90. The predicted molar refractivity (Wildman–Crippen MR) is 142 cm³/mol. The Kier molecular flexibility index (Phi) is 9.19. The summed E-state index contributed by atoms with van der Waals surface area (Å²) in [6.07, 6.45) is 3.27. The Morgan fingerprint density at radius 1 is 1.31 bits per heavy atom. The second kappa shape index (κ2) is 12.5. The molecule has 0 bridgehead atoms. The molecule has 1 fully saturated rings. The van der Waals surface area contributed by atoms with Gasteiger partial charge in [-0.25, -0.2) is 4.39 Å². The number of carboxylic acids is 1. The average Bonchev–Trinajstić information content (AvgIpc) is 3.30. The number of fused-ring (bicyclic) bond motifs is 1. The summed E-state index contributed by atoms with van der Waals surface area (Å²) < 4.78 is 21.5. The zero-order chi connectivity index (χ0) is 25.5. The number of likely N-dealkylation sites (tertiary alicyclic amines) is 1. The highest BCUT2D eigenvalue weighted by Gasteiger charge is 2.30. The molecule has 0 radical (unpaired) electrons. The van der Waals surface area contributed by atoms with Gasteiger partial charge in [0.1, 0.15) is 11.9 Å². The maximum absolute atomic E-state index is 15.5. The number of alkyl halides is 1. The fourth-order valence-electron chi connectivity index (χ4n) is 5.00. The summed E-state index contributed by atoms with van der Waals surface area (Å²) in [5.41, 5.74) is 1.37. The van der Waals surface area contributed by atoms with Crippen molar-refractivity contribution in [2.24, 2.45) is 11.8 Å². The van der Waals surface area contributed by atoms with Crippen molar-refractivity contribution in [3.63, 3.8) is 0 Å². The monoisotopic (exact) mass is 528 g/mol. The minimum absolute atomic E-state index is 0.127. The Morgan fingerprint density at radius 2 is 2.17 bits per heavy atom. The molecule has 1 aliphatic rings. The molecule has 4 rings (SSSR count). The van der Waals surface area contributed by atoms with Crippen LogP contribution in [0.25, 0.3) is 10.9 Å². The second-order valence-electron chi connectivity index (χ2n) is 9.21. The van der Waals surface area contributed by atoms with Gasteiger partial charge in [0.15, 0.2) is 0 Å². The Morgan fingerprint density at radius 3 is 2.92 bits per heavy atom. The number of ether oxygens (including phenoxy) is 1. The first kappa shape index (κ1) is 26.4. The Bertz CT molecular complexity index is 1250. The van der Waals surface area contributed by atoms with Gasteiger partial charge < -0.3 is 9.84 Å². The number of halogens is 2. The number of piperidine rings is 1. The first-order chi connectivity index (χ1) is 17.4. The van der Waals surface area contributed by atoms with Crippen molar-refractivity contribution in [2.75, 3.05) is 26.7 Å². The maximum Gasteiger partial charge on any atom is 0.303 e. The molecule has 2 aromatic heterocycles. The van der Waals surface area contributed by atoms with Gasteiger partial charge in [-0.05, 0) is 86.0 Å². The lowest BCUT2D eigenvalue weighted by atomic mass is 9.79. The van der Waals surface area contributed by atoms with E-state index >= 15 is 4.39 Å². The Balaban J connectivity index is 1.39. The fraction of sp³-hybridized carbons (Fsp3) is 0.429. The molecule has 0 spiro atoms. The van der Waals surface area contributed by atoms with Crippen LogP contribution in [-0.2, 0) is 4.79 Å². The summed E-state index contributed by atoms with van der Waals surface area (Å²) in [5.74, 6) is 6.74. The van der Waals surface area contributed by atoms with Crippen molar-refractivity contribution in [2.45, 2.75) is 38.3 Å². The molecule has 36 heavy (non-hydrogen) atoms. The van der Waals surface area contributed by atoms with E-state index in [1.807, 2.05) is 30.3 Å². The van der Waals surface area contributed by atoms with Crippen LogP contribution in [-0.4, -0.2) is 47.7 Å². The van der Waals surface area contributed by atoms with Gasteiger partial charge in [0.25, 0.3) is 0 Å². The SMILES string of the molecule is COc1ccc2nccc([C@@H](F)CCC3CCN(CC#Cc4ccc(Cl)s4)CC3CCC(=O)O)c2c1. The molecule has 2 unspecified atom stereocenters. The van der Waals surface area contributed by atoms with Crippen LogP contribution in [0.3, 0.4) is 0 Å². The van der Waals surface area contributed by atoms with Crippen LogP contribution in [0.5, 0.6) is 5.75 Å². The van der Waals surface area contributed by atoms with Crippen LogP contribution in [0.15, 0.2) is 42.6 Å². The second-order valence-corrected chi connectivity index (χ2v) is 10.9. The highest BCUT2D eigenvalue weighted by Crippen LogP contribution is 2.36. The Hall–Kier alpha value is -2.66. The molecule has 1 saturated heterocycles. The summed E-state index contributed by atoms with van der Waals surface area (Å²) in [7, 11) is 1.59. The molecule has 3 aromatic rings. The predicted octanol–water partition coefficient (Wildman–Crippen LogP) is 6.60. The van der Waals surface area contributed by atoms with Crippen molar-refractivity contribution in [3.8, 4) is 17.6 Å². The lowest BCUT2D eigenvalue weighted by molar-refractivity contribution is -0.137. The topological polar surface area (TPSA) is 62.7 Å². The van der Waals surface area contributed by atoms with E-state index in [-0.39, 0.29) is 18.3 Å². The number of pyridine rings is 1. The van der Waals surface area contributed by atoms with E-state index in [1.54, 1.807) is 19.4 Å². The highest BCUT2D eigenvalue weighted by atomic mass is 35.5. The fourth-order valence-corrected chi connectivity index (χ4v) is 5.92. The van der Waals surface area contributed by atoms with Gasteiger partial charge in [-0.15, -0.1) is 11.3 Å². The number of rotatable bonds is 9. The van der Waals surface area contributed by atoms with E-state index in [4.69, 9.17) is 16.3 Å². The van der Waals surface area contributed by atoms with Crippen molar-refractivity contribution in [3.05, 3.63) is 57.4 Å². The molecule has 1 aromatic carbocycles. The van der Waals surface area contributed by atoms with E-state index in [0.717, 1.165) is 39.6 Å². The van der Waals surface area contributed by atoms with E-state index in [1.165, 1.54) is 11.3 Å². The molecular formula is C28H30ClFN2O3S. The van der Waals surface area contributed by atoms with Crippen LogP contribution in [0.1, 0.15) is 48.7 Å². The van der Waals surface area contributed by atoms with Gasteiger partial charge in [-0.3, -0.25) is 14.7 Å². The van der Waals surface area contributed by atoms with Crippen LogP contribution >= 0.6 is 22.9 Å². The normalized spacial score (nSPS) is 19.0. The summed E-state index contributed by atoms with van der Waals surface area (Å²) in [6.45, 7) is 2.28. The smallest absolute Gasteiger partial charge is 0.303 e. The standard InChI is InChI=1S/C28H30ClFN2O3S/c1-35-21-6-9-26-24(17-21)23(12-14-31-26)25(30)8-4-19-13-16-32(18-20(19)5-11-28(33)34)15-2-3-22-7-10-27(29)36-22/h6-7,9-10,12,14,17,19-20,25H,4-5,8,11,13,15-16,18H2,1H3,(H,33,34)/t19?,20?,25-/m0/s1. The first-order valence-electron chi connectivity index (χ1n) is 12.2. The third-order valence-corrected chi connectivity index (χ3v) is 8.05. The summed E-state index contributed by atoms with van der Waals surface area (Å²) in [6, 6.07) is 11.0. The van der Waals surface area contributed by atoms with Crippen LogP contribution < -0.4 is 4.74 Å². The van der Waals surface area contributed by atoms with Gasteiger partial charge in [-0.1, -0.05) is 23.4 Å². The van der Waals surface area contributed by atoms with Crippen LogP contribution in [0, 0.1) is 23.7 Å². The van der Waals surface area contributed by atoms with E-state index < -0.39 is 12.1 Å². The lowest BCUT2D eigenvalue weighted by Gasteiger charge is -2.38. The first-order valence-corrected chi connectivity index (χ1v) is 13.4. The zero-order valence-electron chi connectivity index (χ0n) is 20.3. The molecule has 3 heterocycles. The molecule has 8 heteroatoms. The molecule has 1 aliphatic heterocycles. The van der Waals surface area contributed by atoms with Gasteiger partial charge in [-0.2, -0.15) is 0 Å². The van der Waals surface area contributed by atoms with E-state index in [9.17, 15) is 9.90 Å². The van der Waals surface area contributed by atoms with Crippen molar-refractivity contribution < 1.29 is 19.0 Å². The molecule has 190 valence electrons. The third kappa shape index (κ3) is 6.97. The van der Waals surface area contributed by atoms with Gasteiger partial charge in [0.2, 0.25) is 0 Å². The quantitative estimate of drug-likeness (QED) is 0.317. The maximum atomic E-state index is 15.5. The van der Waals surface area contributed by atoms with E-state index in [2.05, 4.69) is 21.7 Å². The molecular weight excluding hydrogens is 499 g/mol. The molecule has 5 nitrogen and oxygen atoms in total. The number of aliphatic carboxylic acids is 1. The molecule has 3 atom stereocenters. The number of benzene rings is 1. The highest BCUT2D eigenvalue weighted by molar-refractivity contribution is 7.16. The number of nitrogens with zero attached hydrogens (tertiary/aromatic N) is 2. The van der Waals surface area contributed by atoms with Crippen LogP contribution in [0.4, 0.5) is 4.39 Å². The average molecular weight is 529 g/mol. The van der Waals surface area contributed by atoms with E-state index in [0.29, 0.717) is 37.1 Å². The minimum Gasteiger partial charge on any atom is -0.497 e. The Labute approximate surface area is 220 Å². The van der Waals surface area contributed by atoms with Crippen LogP contribution in [0.2, 0.25) is 4.34 Å². The summed E-state index contributed by atoms with van der Waals surface area (Å²) in [5, 5.41) is 10.0. The number of thiophene rings is 1. The zero-order valence-corrected chi connectivity index (χ0v) is 21.8. The van der Waals surface area contributed by atoms with Gasteiger partial charge in [0.05, 0.1) is 28.4 Å². The summed E-state index contributed by atoms with van der Waals surface area (Å²) >= 11 is 7.43. The lowest BCUT2D eigenvalue weighted by Crippen LogP contribution is -2.41. The molecule has 0 aliphatic carbocycles. The number of carboxylic acid groups (broad SMARTS) is 1. The van der Waals surface area contributed by atoms with Gasteiger partial charge >= 0.3 is 5.97 Å². The number of hydrogen-bond acceptors (Lipinski definition) is 5. The number of hydrogen-bond donors (Lipinski definition) is 1. The molecule has 0 saturated carbocycles. The van der Waals surface area contributed by atoms with Crippen molar-refractivity contribution >= 4 is 39.8 Å². The van der Waals surface area contributed by atoms with Crippen molar-refractivity contribution in [1.82, 2.24) is 9.88 Å².